The van der Waals surface area contributed by atoms with E-state index in [1.54, 1.807) is 6.20 Å². The molecule has 0 atom stereocenters. The van der Waals surface area contributed by atoms with Gasteiger partial charge in [0, 0.05) is 30.7 Å². The van der Waals surface area contributed by atoms with Gasteiger partial charge in [0.15, 0.2) is 0 Å². The lowest BCUT2D eigenvalue weighted by atomic mass is 10.1. The van der Waals surface area contributed by atoms with Gasteiger partial charge in [-0.2, -0.15) is 0 Å². The first-order valence-electron chi connectivity index (χ1n) is 7.73. The number of pyridine rings is 1. The van der Waals surface area contributed by atoms with Gasteiger partial charge in [0.2, 0.25) is 0 Å². The molecule has 1 aliphatic rings. The van der Waals surface area contributed by atoms with Gasteiger partial charge in [-0.1, -0.05) is 17.7 Å². The fraction of sp³-hybridized carbons (Fsp3) is 0.333. The Hall–Kier alpha value is -2.36. The van der Waals surface area contributed by atoms with Gasteiger partial charge in [-0.25, -0.2) is 0 Å². The quantitative estimate of drug-likeness (QED) is 0.942. The number of aryl methyl sites for hydroxylation is 2. The van der Waals surface area contributed by atoms with Crippen LogP contribution in [0.3, 0.4) is 0 Å². The third-order valence-electron chi connectivity index (χ3n) is 4.08. The number of hydrogen-bond donors (Lipinski definition) is 1. The van der Waals surface area contributed by atoms with Crippen LogP contribution in [0.4, 0.5) is 11.4 Å². The van der Waals surface area contributed by atoms with Crippen molar-refractivity contribution in [2.45, 2.75) is 26.7 Å². The molecule has 0 aliphatic carbocycles. The molecule has 4 nitrogen and oxygen atoms in total. The Bertz CT molecular complexity index is 690. The molecule has 4 heteroatoms. The number of aromatic nitrogens is 1. The standard InChI is InChI=1S/C18H21N3O/c1-13-5-6-16(14(2)11-13)20-18(22)17-12-15(7-8-19-17)21-9-3-4-10-21/h5-8,11-12H,3-4,9-10H2,1-2H3,(H,20,22). The number of carbonyl (C=O) groups is 1. The van der Waals surface area contributed by atoms with Gasteiger partial charge in [0.25, 0.3) is 5.91 Å². The third-order valence-corrected chi connectivity index (χ3v) is 4.08. The number of benzene rings is 1. The van der Waals surface area contributed by atoms with Gasteiger partial charge < -0.3 is 10.2 Å². The zero-order valence-electron chi connectivity index (χ0n) is 13.1. The highest BCUT2D eigenvalue weighted by Gasteiger charge is 2.15. The van der Waals surface area contributed by atoms with Crippen molar-refractivity contribution in [1.29, 1.82) is 0 Å². The number of nitrogens with zero attached hydrogens (tertiary/aromatic N) is 2. The lowest BCUT2D eigenvalue weighted by molar-refractivity contribution is 0.102. The summed E-state index contributed by atoms with van der Waals surface area (Å²) in [6, 6.07) is 9.84. The van der Waals surface area contributed by atoms with Gasteiger partial charge in [-0.05, 0) is 50.5 Å². The van der Waals surface area contributed by atoms with Crippen molar-refractivity contribution >= 4 is 17.3 Å². The lowest BCUT2D eigenvalue weighted by Gasteiger charge is -2.17. The van der Waals surface area contributed by atoms with Gasteiger partial charge >= 0.3 is 0 Å². The van der Waals surface area contributed by atoms with Crippen molar-refractivity contribution < 1.29 is 4.79 Å². The molecule has 3 rings (SSSR count). The van der Waals surface area contributed by atoms with Crippen LogP contribution in [-0.4, -0.2) is 24.0 Å². The average molecular weight is 295 g/mol. The maximum atomic E-state index is 12.4. The summed E-state index contributed by atoms with van der Waals surface area (Å²) >= 11 is 0. The van der Waals surface area contributed by atoms with E-state index in [0.29, 0.717) is 5.69 Å². The Morgan fingerprint density at radius 3 is 2.64 bits per heavy atom. The summed E-state index contributed by atoms with van der Waals surface area (Å²) in [5, 5.41) is 2.95. The molecule has 0 saturated carbocycles. The zero-order valence-corrected chi connectivity index (χ0v) is 13.1. The Morgan fingerprint density at radius 1 is 1.14 bits per heavy atom. The van der Waals surface area contributed by atoms with Crippen molar-refractivity contribution in [3.8, 4) is 0 Å². The normalized spacial score (nSPS) is 14.2. The van der Waals surface area contributed by atoms with Crippen LogP contribution in [0.15, 0.2) is 36.5 Å². The summed E-state index contributed by atoms with van der Waals surface area (Å²) in [6.45, 7) is 6.15. The third kappa shape index (κ3) is 3.11. The molecule has 22 heavy (non-hydrogen) atoms. The Labute approximate surface area is 131 Å². The van der Waals surface area contributed by atoms with E-state index in [9.17, 15) is 4.79 Å². The van der Waals surface area contributed by atoms with Crippen LogP contribution < -0.4 is 10.2 Å². The average Bonchev–Trinajstić information content (AvgIpc) is 3.04. The first kappa shape index (κ1) is 14.6. The van der Waals surface area contributed by atoms with E-state index in [0.717, 1.165) is 30.0 Å². The second kappa shape index (κ2) is 6.18. The number of hydrogen-bond acceptors (Lipinski definition) is 3. The molecule has 1 aliphatic heterocycles. The van der Waals surface area contributed by atoms with Gasteiger partial charge in [0.05, 0.1) is 0 Å². The molecule has 0 bridgehead atoms. The summed E-state index contributed by atoms with van der Waals surface area (Å²) in [6.07, 6.45) is 4.14. The molecule has 114 valence electrons. The minimum atomic E-state index is -0.159. The molecule has 0 unspecified atom stereocenters. The van der Waals surface area contributed by atoms with E-state index < -0.39 is 0 Å². The molecular formula is C18H21N3O. The maximum absolute atomic E-state index is 12.4. The van der Waals surface area contributed by atoms with Gasteiger partial charge in [-0.15, -0.1) is 0 Å². The fourth-order valence-corrected chi connectivity index (χ4v) is 2.86. The summed E-state index contributed by atoms with van der Waals surface area (Å²) in [5.74, 6) is -0.159. The van der Waals surface area contributed by atoms with Gasteiger partial charge in [0.1, 0.15) is 5.69 Å². The number of amides is 1. The monoisotopic (exact) mass is 295 g/mol. The van der Waals surface area contributed by atoms with Crippen LogP contribution in [0.2, 0.25) is 0 Å². The molecule has 0 radical (unpaired) electrons. The second-order valence-corrected chi connectivity index (χ2v) is 5.87. The van der Waals surface area contributed by atoms with Crippen molar-refractivity contribution in [3.63, 3.8) is 0 Å². The molecule has 1 amide bonds. The van der Waals surface area contributed by atoms with E-state index >= 15 is 0 Å². The van der Waals surface area contributed by atoms with Crippen LogP contribution in [0.25, 0.3) is 0 Å². The number of rotatable bonds is 3. The van der Waals surface area contributed by atoms with Crippen molar-refractivity contribution in [3.05, 3.63) is 53.3 Å². The molecule has 0 spiro atoms. The fourth-order valence-electron chi connectivity index (χ4n) is 2.86. The minimum Gasteiger partial charge on any atom is -0.371 e. The molecule has 1 aromatic carbocycles. The number of nitrogens with one attached hydrogen (secondary N) is 1. The molecule has 2 aromatic rings. The Balaban J connectivity index is 1.78. The Morgan fingerprint density at radius 2 is 1.91 bits per heavy atom. The molecule has 1 N–H and O–H groups in total. The maximum Gasteiger partial charge on any atom is 0.274 e. The summed E-state index contributed by atoms with van der Waals surface area (Å²) < 4.78 is 0. The predicted octanol–water partition coefficient (Wildman–Crippen LogP) is 3.55. The van der Waals surface area contributed by atoms with E-state index in [4.69, 9.17) is 0 Å². The molecule has 1 aromatic heterocycles. The number of anilines is 2. The first-order chi connectivity index (χ1) is 10.6. The van der Waals surface area contributed by atoms with Crippen LogP contribution in [0.5, 0.6) is 0 Å². The van der Waals surface area contributed by atoms with Crippen molar-refractivity contribution in [2.75, 3.05) is 23.3 Å². The highest BCUT2D eigenvalue weighted by atomic mass is 16.1. The SMILES string of the molecule is Cc1ccc(NC(=O)c2cc(N3CCCC3)ccn2)c(C)c1. The second-order valence-electron chi connectivity index (χ2n) is 5.87. The van der Waals surface area contributed by atoms with E-state index in [1.807, 2.05) is 38.1 Å². The topological polar surface area (TPSA) is 45.2 Å². The van der Waals surface area contributed by atoms with E-state index in [-0.39, 0.29) is 5.91 Å². The summed E-state index contributed by atoms with van der Waals surface area (Å²) in [7, 11) is 0. The molecule has 2 heterocycles. The van der Waals surface area contributed by atoms with Crippen molar-refractivity contribution in [2.24, 2.45) is 0 Å². The van der Waals surface area contributed by atoms with Gasteiger partial charge in [-0.3, -0.25) is 9.78 Å². The zero-order chi connectivity index (χ0) is 15.5. The minimum absolute atomic E-state index is 0.159. The smallest absolute Gasteiger partial charge is 0.274 e. The largest absolute Gasteiger partial charge is 0.371 e. The van der Waals surface area contributed by atoms with Crippen molar-refractivity contribution in [1.82, 2.24) is 4.98 Å². The first-order valence-corrected chi connectivity index (χ1v) is 7.73. The highest BCUT2D eigenvalue weighted by Crippen LogP contribution is 2.21. The van der Waals surface area contributed by atoms with Crippen LogP contribution in [0, 0.1) is 13.8 Å². The van der Waals surface area contributed by atoms with Crippen LogP contribution in [0.1, 0.15) is 34.5 Å². The lowest BCUT2D eigenvalue weighted by Crippen LogP contribution is -2.19. The molecule has 1 saturated heterocycles. The van der Waals surface area contributed by atoms with Crippen LogP contribution in [-0.2, 0) is 0 Å². The van der Waals surface area contributed by atoms with E-state index in [2.05, 4.69) is 21.3 Å². The summed E-state index contributed by atoms with van der Waals surface area (Å²) in [4.78, 5) is 18.9. The molecular weight excluding hydrogens is 274 g/mol. The number of carbonyl (C=O) groups excluding carboxylic acids is 1. The van der Waals surface area contributed by atoms with Crippen LogP contribution >= 0.6 is 0 Å². The predicted molar refractivity (Wildman–Crippen MR) is 89.6 cm³/mol. The molecule has 1 fully saturated rings. The Kier molecular flexibility index (Phi) is 4.09. The van der Waals surface area contributed by atoms with E-state index in [1.165, 1.54) is 18.4 Å². The summed E-state index contributed by atoms with van der Waals surface area (Å²) in [5.41, 5.74) is 4.63. The highest BCUT2D eigenvalue weighted by molar-refractivity contribution is 6.03.